The molecule has 1 aromatic carbocycles. The van der Waals surface area contributed by atoms with Gasteiger partial charge in [0.1, 0.15) is 22.8 Å². The topological polar surface area (TPSA) is 149 Å². The van der Waals surface area contributed by atoms with Gasteiger partial charge in [-0.3, -0.25) is 4.79 Å². The first-order chi connectivity index (χ1) is 21.3. The van der Waals surface area contributed by atoms with Gasteiger partial charge in [0.05, 0.1) is 0 Å². The molecule has 266 valence electrons. The summed E-state index contributed by atoms with van der Waals surface area (Å²) >= 11 is -2.15. The molecule has 0 aromatic heterocycles. The molecule has 0 bridgehead atoms. The van der Waals surface area contributed by atoms with Crippen LogP contribution in [0.4, 0.5) is 4.79 Å². The third-order valence-corrected chi connectivity index (χ3v) is 12.4. The van der Waals surface area contributed by atoms with Gasteiger partial charge in [0.2, 0.25) is 0 Å². The molecule has 2 atom stereocenters. The molecule has 3 amide bonds. The van der Waals surface area contributed by atoms with Gasteiger partial charge in [-0.1, -0.05) is 0 Å². The van der Waals surface area contributed by atoms with Gasteiger partial charge in [0.15, 0.2) is 0 Å². The van der Waals surface area contributed by atoms with Gasteiger partial charge in [-0.25, -0.2) is 14.4 Å². The van der Waals surface area contributed by atoms with E-state index < -0.39 is 71.2 Å². The number of nitrogens with one attached hydrogen (secondary N) is 3. The smallest absolute Gasteiger partial charge is 0.329 e. The maximum absolute atomic E-state index is 13.1. The fourth-order valence-corrected chi connectivity index (χ4v) is 7.66. The largest absolute Gasteiger partial charge is 0.458 e. The SMILES string of the molecule is CC(C)(C)OC(=O)CC[C@H](NC(=O)N[C@@H](CCCCNC(=O)Cc1cc[c]([Sn]([CH3])([CH3])[CH3])cc1)C(=O)OC(C)(C)C)C(=O)OC(C)(C)C. The summed E-state index contributed by atoms with van der Waals surface area (Å²) in [4.78, 5) is 70.9. The van der Waals surface area contributed by atoms with Crippen molar-refractivity contribution in [1.29, 1.82) is 0 Å². The fraction of sp³-hybridized carbons (Fsp3) is 0.686. The number of carbonyl (C=O) groups excluding carboxylic acids is 5. The minimum absolute atomic E-state index is 0.0581. The van der Waals surface area contributed by atoms with Crippen molar-refractivity contribution in [3.8, 4) is 0 Å². The molecule has 11 nitrogen and oxygen atoms in total. The maximum Gasteiger partial charge on any atom is 0.329 e. The number of unbranched alkanes of at least 4 members (excludes halogenated alkanes) is 1. The molecule has 1 rings (SSSR count). The van der Waals surface area contributed by atoms with Crippen LogP contribution in [0.3, 0.4) is 0 Å². The first-order valence-electron chi connectivity index (χ1n) is 16.5. The van der Waals surface area contributed by atoms with Crippen molar-refractivity contribution in [2.45, 2.75) is 145 Å². The zero-order valence-corrected chi connectivity index (χ0v) is 33.5. The van der Waals surface area contributed by atoms with Crippen LogP contribution in [0, 0.1) is 0 Å². The normalized spacial score (nSPS) is 13.5. The zero-order valence-electron chi connectivity index (χ0n) is 30.7. The molecular formula is C35H59N3O8Sn. The summed E-state index contributed by atoms with van der Waals surface area (Å²) in [7, 11) is 0. The quantitative estimate of drug-likeness (QED) is 0.0988. The Labute approximate surface area is 285 Å². The van der Waals surface area contributed by atoms with E-state index in [-0.39, 0.29) is 31.6 Å². The van der Waals surface area contributed by atoms with E-state index in [9.17, 15) is 24.0 Å². The van der Waals surface area contributed by atoms with Gasteiger partial charge in [-0.05, 0) is 68.7 Å². The number of hydrogen-bond acceptors (Lipinski definition) is 8. The van der Waals surface area contributed by atoms with E-state index in [2.05, 4.69) is 42.9 Å². The number of carbonyl (C=O) groups is 5. The molecule has 0 heterocycles. The average molecular weight is 769 g/mol. The molecule has 0 saturated heterocycles. The van der Waals surface area contributed by atoms with E-state index in [0.717, 1.165) is 5.56 Å². The van der Waals surface area contributed by atoms with Crippen molar-refractivity contribution in [2.24, 2.45) is 0 Å². The van der Waals surface area contributed by atoms with Gasteiger partial charge in [-0.15, -0.1) is 0 Å². The van der Waals surface area contributed by atoms with Crippen LogP contribution in [0.5, 0.6) is 0 Å². The summed E-state index contributed by atoms with van der Waals surface area (Å²) in [5.74, 6) is -1.94. The molecule has 0 aliphatic rings. The molecule has 3 N–H and O–H groups in total. The minimum atomic E-state index is -2.15. The molecule has 0 aliphatic carbocycles. The van der Waals surface area contributed by atoms with Crippen LogP contribution in [0.1, 0.15) is 100.0 Å². The van der Waals surface area contributed by atoms with E-state index in [1.807, 2.05) is 12.1 Å². The van der Waals surface area contributed by atoms with Crippen LogP contribution in [0.15, 0.2) is 24.3 Å². The Morgan fingerprint density at radius 2 is 1.15 bits per heavy atom. The van der Waals surface area contributed by atoms with Crippen molar-refractivity contribution in [1.82, 2.24) is 16.0 Å². The van der Waals surface area contributed by atoms with Crippen LogP contribution in [-0.2, 0) is 39.8 Å². The van der Waals surface area contributed by atoms with E-state index in [1.165, 1.54) is 3.58 Å². The predicted molar refractivity (Wildman–Crippen MR) is 186 cm³/mol. The summed E-state index contributed by atoms with van der Waals surface area (Å²) in [6.07, 6.45) is 1.42. The first-order valence-corrected chi connectivity index (χ1v) is 26.4. The summed E-state index contributed by atoms with van der Waals surface area (Å²) < 4.78 is 17.7. The van der Waals surface area contributed by atoms with E-state index in [4.69, 9.17) is 14.2 Å². The predicted octanol–water partition coefficient (Wildman–Crippen LogP) is 4.90. The average Bonchev–Trinajstić information content (AvgIpc) is 2.86. The zero-order chi connectivity index (χ0) is 36.2. The van der Waals surface area contributed by atoms with Gasteiger partial charge in [0, 0.05) is 6.42 Å². The van der Waals surface area contributed by atoms with E-state index in [1.54, 1.807) is 62.3 Å². The van der Waals surface area contributed by atoms with Crippen LogP contribution in [0.25, 0.3) is 0 Å². The number of hydrogen-bond donors (Lipinski definition) is 3. The molecule has 0 unspecified atom stereocenters. The van der Waals surface area contributed by atoms with Crippen LogP contribution in [-0.4, -0.2) is 83.7 Å². The second-order valence-electron chi connectivity index (χ2n) is 15.9. The molecule has 0 radical (unpaired) electrons. The number of ether oxygens (including phenoxy) is 3. The van der Waals surface area contributed by atoms with E-state index >= 15 is 0 Å². The Hall–Kier alpha value is -2.83. The van der Waals surface area contributed by atoms with Gasteiger partial charge in [0.25, 0.3) is 0 Å². The second-order valence-corrected chi connectivity index (χ2v) is 30.4. The van der Waals surface area contributed by atoms with Crippen molar-refractivity contribution in [2.75, 3.05) is 6.54 Å². The summed E-state index contributed by atoms with van der Waals surface area (Å²) in [6.45, 7) is 15.9. The monoisotopic (exact) mass is 769 g/mol. The van der Waals surface area contributed by atoms with Crippen molar-refractivity contribution < 1.29 is 38.2 Å². The van der Waals surface area contributed by atoms with Crippen molar-refractivity contribution >= 4 is 51.8 Å². The molecule has 0 aliphatic heterocycles. The Balaban J connectivity index is 2.81. The third kappa shape index (κ3) is 19.6. The molecule has 12 heteroatoms. The third-order valence-electron chi connectivity index (χ3n) is 6.48. The van der Waals surface area contributed by atoms with Gasteiger partial charge >= 0.3 is 145 Å². The van der Waals surface area contributed by atoms with E-state index in [0.29, 0.717) is 19.4 Å². The summed E-state index contributed by atoms with van der Waals surface area (Å²) in [6, 6.07) is 5.35. The van der Waals surface area contributed by atoms with Gasteiger partial charge in [-0.2, -0.15) is 0 Å². The molecule has 0 saturated carbocycles. The molecule has 0 spiro atoms. The standard InChI is InChI=1S/C32H50N3O8.3CH3.Sn/c1-30(2,3)41-26(37)19-18-24(28(39)43-32(7,8)9)35-29(40)34-23(27(38)42-31(4,5)6)17-13-14-20-33-25(36)21-22-15-11-10-12-16-22;;;;/h11-12,15-16,23-24H,13-14,17-21H2,1-9H3,(H,33,36)(H2,34,35,40);3*1H3;/t23-,24-;;;;/m0..../s1. The van der Waals surface area contributed by atoms with Crippen LogP contribution >= 0.6 is 0 Å². The number of rotatable bonds is 15. The summed E-state index contributed by atoms with van der Waals surface area (Å²) in [5, 5.41) is 8.11. The van der Waals surface area contributed by atoms with Crippen molar-refractivity contribution in [3.63, 3.8) is 0 Å². The Morgan fingerprint density at radius 1 is 0.681 bits per heavy atom. The maximum atomic E-state index is 13.1. The fourth-order valence-electron chi connectivity index (χ4n) is 4.33. The molecule has 0 fully saturated rings. The molecule has 47 heavy (non-hydrogen) atoms. The Morgan fingerprint density at radius 3 is 1.60 bits per heavy atom. The minimum Gasteiger partial charge on any atom is -0.458 e. The first kappa shape index (κ1) is 42.2. The van der Waals surface area contributed by atoms with Crippen LogP contribution < -0.4 is 19.5 Å². The number of urea groups is 1. The second kappa shape index (κ2) is 18.1. The van der Waals surface area contributed by atoms with Gasteiger partial charge < -0.3 is 24.8 Å². The Bertz CT molecular complexity index is 1210. The molecule has 1 aromatic rings. The van der Waals surface area contributed by atoms with Crippen LogP contribution in [0.2, 0.25) is 14.8 Å². The number of benzene rings is 1. The van der Waals surface area contributed by atoms with Crippen molar-refractivity contribution in [3.05, 3.63) is 29.8 Å². The number of amides is 3. The molecular weight excluding hydrogens is 709 g/mol. The summed E-state index contributed by atoms with van der Waals surface area (Å²) in [5.41, 5.74) is -1.36. The number of esters is 3. The Kier molecular flexibility index (Phi) is 16.2.